The summed E-state index contributed by atoms with van der Waals surface area (Å²) in [6.45, 7) is 1.08. The van der Waals surface area contributed by atoms with Gasteiger partial charge in [0.2, 0.25) is 0 Å². The van der Waals surface area contributed by atoms with Gasteiger partial charge in [-0.05, 0) is 12.1 Å². The third kappa shape index (κ3) is 5.54. The zero-order valence-electron chi connectivity index (χ0n) is 9.41. The summed E-state index contributed by atoms with van der Waals surface area (Å²) in [7, 11) is -4.86. The second-order valence-corrected chi connectivity index (χ2v) is 4.68. The molecule has 0 bridgehead atoms. The van der Waals surface area contributed by atoms with Gasteiger partial charge >= 0.3 is 59.1 Å². The van der Waals surface area contributed by atoms with Crippen molar-refractivity contribution >= 4 is 13.4 Å². The molecule has 1 rings (SSSR count). The molecule has 0 radical (unpaired) electrons. The predicted molar refractivity (Wildman–Crippen MR) is 45.6 cm³/mol. The second-order valence-electron chi connectivity index (χ2n) is 2.82. The molecule has 1 atom stereocenters. The largest absolute Gasteiger partial charge is 1.00 e. The Bertz CT molecular complexity index is 381. The quantitative estimate of drug-likeness (QED) is 0.306. The van der Waals surface area contributed by atoms with Crippen LogP contribution in [0.5, 0.6) is 0 Å². The molecule has 0 amide bonds. The van der Waals surface area contributed by atoms with Gasteiger partial charge in [-0.3, -0.25) is 9.78 Å². The van der Waals surface area contributed by atoms with E-state index in [0.717, 1.165) is 6.92 Å². The molecule has 0 fully saturated rings. The second kappa shape index (κ2) is 8.14. The monoisotopic (exact) mass is 259 g/mol. The van der Waals surface area contributed by atoms with E-state index in [1.807, 2.05) is 0 Å². The summed E-state index contributed by atoms with van der Waals surface area (Å²) in [5.41, 5.74) is -1.40. The molecule has 1 aromatic rings. The van der Waals surface area contributed by atoms with Crippen molar-refractivity contribution in [1.29, 1.82) is 0 Å². The minimum absolute atomic E-state index is 0. The van der Waals surface area contributed by atoms with Crippen LogP contribution in [0.1, 0.15) is 17.3 Å². The zero-order valence-corrected chi connectivity index (χ0v) is 14.3. The molecule has 16 heavy (non-hydrogen) atoms. The molecule has 0 aliphatic rings. The maximum absolute atomic E-state index is 11.4. The average molecular weight is 259 g/mol. The first kappa shape index (κ1) is 19.3. The van der Waals surface area contributed by atoms with E-state index < -0.39 is 19.0 Å². The third-order valence-corrected chi connectivity index (χ3v) is 2.98. The summed E-state index contributed by atoms with van der Waals surface area (Å²) >= 11 is 0. The molecule has 0 aliphatic carbocycles. The summed E-state index contributed by atoms with van der Waals surface area (Å²) < 4.78 is 10.6. The number of hydrogen-bond acceptors (Lipinski definition) is 5. The Morgan fingerprint density at radius 3 is 2.38 bits per heavy atom. The molecule has 0 aromatic carbocycles. The Kier molecular flexibility index (Phi) is 9.82. The number of pyridine rings is 1. The van der Waals surface area contributed by atoms with E-state index in [1.54, 1.807) is 0 Å². The number of carbonyl (C=O) groups is 1. The first-order valence-corrected chi connectivity index (χ1v) is 5.50. The van der Waals surface area contributed by atoms with Crippen LogP contribution < -0.4 is 68.9 Å². The number of rotatable bonds is 3. The van der Waals surface area contributed by atoms with Crippen molar-refractivity contribution in [3.63, 3.8) is 0 Å². The molecule has 0 aliphatic heterocycles. The predicted octanol–water partition coefficient (Wildman–Crippen LogP) is -6.43. The van der Waals surface area contributed by atoms with Crippen LogP contribution in [0.2, 0.25) is 0 Å². The number of Topliss-reactive ketones (excluding diaryl/α,β-unsaturated/α-hetero) is 1. The van der Waals surface area contributed by atoms with Gasteiger partial charge in [-0.1, -0.05) is 14.5 Å². The summed E-state index contributed by atoms with van der Waals surface area (Å²) in [4.78, 5) is 36.2. The first-order valence-electron chi connectivity index (χ1n) is 3.89. The SMILES string of the molecule is CC(C(=O)c1cccnc1)P(=O)([O-])[O-].[Na+].[Na+]. The number of nitrogens with zero attached hydrogens (tertiary/aromatic N) is 1. The molecule has 1 heterocycles. The van der Waals surface area contributed by atoms with Crippen LogP contribution >= 0.6 is 7.60 Å². The van der Waals surface area contributed by atoms with Crippen molar-refractivity contribution in [2.75, 3.05) is 0 Å². The van der Waals surface area contributed by atoms with E-state index in [-0.39, 0.29) is 64.7 Å². The summed E-state index contributed by atoms with van der Waals surface area (Å²) in [6, 6.07) is 2.92. The van der Waals surface area contributed by atoms with Gasteiger partial charge in [0.25, 0.3) is 0 Å². The third-order valence-electron chi connectivity index (χ3n) is 1.80. The topological polar surface area (TPSA) is 93.2 Å². The number of ketones is 1. The Balaban J connectivity index is 0. The molecule has 76 valence electrons. The Hall–Kier alpha value is 0.970. The fraction of sp³-hybridized carbons (Fsp3) is 0.250. The smallest absolute Gasteiger partial charge is 0.810 e. The van der Waals surface area contributed by atoms with Crippen LogP contribution in [0.4, 0.5) is 0 Å². The van der Waals surface area contributed by atoms with E-state index in [4.69, 9.17) is 0 Å². The van der Waals surface area contributed by atoms with Gasteiger partial charge in [-0.25, -0.2) is 0 Å². The van der Waals surface area contributed by atoms with E-state index in [0.29, 0.717) is 0 Å². The molecule has 1 aromatic heterocycles. The maximum Gasteiger partial charge on any atom is 1.00 e. The fourth-order valence-electron chi connectivity index (χ4n) is 0.893. The van der Waals surface area contributed by atoms with E-state index in [2.05, 4.69) is 4.98 Å². The minimum atomic E-state index is -4.86. The van der Waals surface area contributed by atoms with Gasteiger partial charge < -0.3 is 14.4 Å². The van der Waals surface area contributed by atoms with Crippen LogP contribution in [0.25, 0.3) is 0 Å². The minimum Gasteiger partial charge on any atom is -0.810 e. The van der Waals surface area contributed by atoms with E-state index >= 15 is 0 Å². The molecule has 0 N–H and O–H groups in total. The van der Waals surface area contributed by atoms with Gasteiger partial charge in [0, 0.05) is 23.6 Å². The average Bonchev–Trinajstić information content (AvgIpc) is 2.15. The normalized spacial score (nSPS) is 11.9. The van der Waals surface area contributed by atoms with Gasteiger partial charge in [-0.2, -0.15) is 0 Å². The van der Waals surface area contributed by atoms with E-state index in [1.165, 1.54) is 24.5 Å². The number of carbonyl (C=O) groups excluding carboxylic acids is 1. The van der Waals surface area contributed by atoms with Crippen molar-refractivity contribution < 1.29 is 78.3 Å². The number of aromatic nitrogens is 1. The Morgan fingerprint density at radius 1 is 1.44 bits per heavy atom. The van der Waals surface area contributed by atoms with Crippen LogP contribution in [-0.2, 0) is 4.57 Å². The Labute approximate surface area is 138 Å². The molecular weight excluding hydrogens is 251 g/mol. The number of hydrogen-bond donors (Lipinski definition) is 0. The summed E-state index contributed by atoms with van der Waals surface area (Å²) in [5, 5.41) is 0. The van der Waals surface area contributed by atoms with Gasteiger partial charge in [-0.15, -0.1) is 0 Å². The molecule has 0 saturated heterocycles. The van der Waals surface area contributed by atoms with Crippen molar-refractivity contribution in [2.24, 2.45) is 0 Å². The van der Waals surface area contributed by atoms with Crippen molar-refractivity contribution in [3.05, 3.63) is 30.1 Å². The Morgan fingerprint density at radius 2 is 2.00 bits per heavy atom. The van der Waals surface area contributed by atoms with Crippen LogP contribution in [0.15, 0.2) is 24.5 Å². The van der Waals surface area contributed by atoms with Crippen molar-refractivity contribution in [3.8, 4) is 0 Å². The van der Waals surface area contributed by atoms with Gasteiger partial charge in [0.05, 0.1) is 0 Å². The van der Waals surface area contributed by atoms with Gasteiger partial charge in [0.15, 0.2) is 5.78 Å². The summed E-state index contributed by atoms with van der Waals surface area (Å²) in [5.74, 6) is -0.716. The standard InChI is InChI=1S/C8H10NO4P.2Na/c1-6(14(11,12)13)8(10)7-3-2-4-9-5-7;;/h2-6H,1H3,(H2,11,12,13);;/q;2*+1/p-2. The molecule has 0 spiro atoms. The van der Waals surface area contributed by atoms with E-state index in [9.17, 15) is 19.1 Å². The van der Waals surface area contributed by atoms with Crippen LogP contribution in [-0.4, -0.2) is 16.4 Å². The molecular formula is C8H8NNa2O4P. The maximum atomic E-state index is 11.4. The molecule has 1 unspecified atom stereocenters. The van der Waals surface area contributed by atoms with Crippen LogP contribution in [0, 0.1) is 0 Å². The van der Waals surface area contributed by atoms with Crippen molar-refractivity contribution in [1.82, 2.24) is 4.98 Å². The molecule has 8 heteroatoms. The van der Waals surface area contributed by atoms with Crippen LogP contribution in [0.3, 0.4) is 0 Å². The van der Waals surface area contributed by atoms with Crippen molar-refractivity contribution in [2.45, 2.75) is 12.6 Å². The van der Waals surface area contributed by atoms with Gasteiger partial charge in [0.1, 0.15) is 0 Å². The fourth-order valence-corrected chi connectivity index (χ4v) is 1.33. The molecule has 5 nitrogen and oxygen atoms in total. The molecule has 0 saturated carbocycles. The first-order chi connectivity index (χ1) is 6.43. The zero-order chi connectivity index (χ0) is 10.8. The summed E-state index contributed by atoms with van der Waals surface area (Å²) in [6.07, 6.45) is 2.68.